The lowest BCUT2D eigenvalue weighted by Gasteiger charge is -1.83. The molecule has 0 saturated heterocycles. The van der Waals surface area contributed by atoms with Crippen LogP contribution < -0.4 is 0 Å². The van der Waals surface area contributed by atoms with Gasteiger partial charge in [-0.2, -0.15) is 0 Å². The molecule has 0 aliphatic heterocycles. The van der Waals surface area contributed by atoms with Crippen molar-refractivity contribution in [2.75, 3.05) is 0 Å². The van der Waals surface area contributed by atoms with Gasteiger partial charge in [-0.3, -0.25) is 0 Å². The number of alkyl halides is 1. The van der Waals surface area contributed by atoms with E-state index in [0.717, 1.165) is 19.2 Å². The maximum Gasteiger partial charge on any atom is 0.157 e. The Bertz CT molecular complexity index is 410. The number of hydrogen-bond donors (Lipinski definition) is 0. The van der Waals surface area contributed by atoms with Crippen LogP contribution >= 0.6 is 45.9 Å². The van der Waals surface area contributed by atoms with Gasteiger partial charge in [-0.05, 0) is 12.1 Å². The van der Waals surface area contributed by atoms with Gasteiger partial charge >= 0.3 is 0 Å². The zero-order valence-corrected chi connectivity index (χ0v) is 9.47. The van der Waals surface area contributed by atoms with Gasteiger partial charge in [0.1, 0.15) is 5.01 Å². The molecule has 0 spiro atoms. The summed E-state index contributed by atoms with van der Waals surface area (Å²) in [6.45, 7) is 0. The molecule has 2 aromatic rings. The van der Waals surface area contributed by atoms with E-state index in [9.17, 15) is 0 Å². The molecule has 0 radical (unpaired) electrons. The van der Waals surface area contributed by atoms with E-state index in [2.05, 4.69) is 10.2 Å². The predicted molar refractivity (Wildman–Crippen MR) is 57.8 cm³/mol. The normalized spacial score (nSPS) is 10.6. The van der Waals surface area contributed by atoms with Gasteiger partial charge in [0.2, 0.25) is 0 Å². The Labute approximate surface area is 93.1 Å². The highest BCUT2D eigenvalue weighted by Gasteiger charge is 2.07. The quantitative estimate of drug-likeness (QED) is 0.761. The van der Waals surface area contributed by atoms with Gasteiger partial charge in [0.05, 0.1) is 15.1 Å². The highest BCUT2D eigenvalue weighted by atomic mass is 35.5. The summed E-state index contributed by atoms with van der Waals surface area (Å²) >= 11 is 14.4. The second-order valence-corrected chi connectivity index (χ2v) is 5.28. The number of aromatic nitrogens is 2. The lowest BCUT2D eigenvalue weighted by atomic mass is 10.5. The van der Waals surface area contributed by atoms with E-state index in [1.54, 1.807) is 0 Å². The molecular formula is C7H4Cl2N2S2. The summed E-state index contributed by atoms with van der Waals surface area (Å²) in [4.78, 5) is 1.04. The summed E-state index contributed by atoms with van der Waals surface area (Å²) in [7, 11) is 0. The van der Waals surface area contributed by atoms with Crippen LogP contribution in [0.25, 0.3) is 9.88 Å². The van der Waals surface area contributed by atoms with Gasteiger partial charge in [0, 0.05) is 0 Å². The maximum absolute atomic E-state index is 5.80. The first-order valence-electron chi connectivity index (χ1n) is 3.43. The van der Waals surface area contributed by atoms with E-state index in [4.69, 9.17) is 23.2 Å². The largest absolute Gasteiger partial charge is 0.157 e. The number of rotatable bonds is 2. The van der Waals surface area contributed by atoms with Crippen molar-refractivity contribution in [2.24, 2.45) is 0 Å². The summed E-state index contributed by atoms with van der Waals surface area (Å²) in [6, 6.07) is 3.79. The number of hydrogen-bond acceptors (Lipinski definition) is 4. The highest BCUT2D eigenvalue weighted by Crippen LogP contribution is 2.32. The van der Waals surface area contributed by atoms with Gasteiger partial charge in [0.15, 0.2) is 5.01 Å². The lowest BCUT2D eigenvalue weighted by molar-refractivity contribution is 1.04. The van der Waals surface area contributed by atoms with Gasteiger partial charge < -0.3 is 0 Å². The van der Waals surface area contributed by atoms with Crippen LogP contribution in [0, 0.1) is 0 Å². The van der Waals surface area contributed by atoms with E-state index in [0.29, 0.717) is 5.88 Å². The molecule has 2 nitrogen and oxygen atoms in total. The van der Waals surface area contributed by atoms with Gasteiger partial charge in [-0.1, -0.05) is 22.9 Å². The molecule has 0 atom stereocenters. The number of thiophene rings is 1. The summed E-state index contributed by atoms with van der Waals surface area (Å²) in [6.07, 6.45) is 0. The van der Waals surface area contributed by atoms with Crippen LogP contribution in [0.1, 0.15) is 5.01 Å². The van der Waals surface area contributed by atoms with Crippen LogP contribution in [0.4, 0.5) is 0 Å². The minimum atomic E-state index is 0.413. The molecule has 0 aromatic carbocycles. The molecule has 2 aromatic heterocycles. The van der Waals surface area contributed by atoms with Gasteiger partial charge in [-0.15, -0.1) is 33.1 Å². The molecule has 0 bridgehead atoms. The van der Waals surface area contributed by atoms with Crippen LogP contribution in [0.3, 0.4) is 0 Å². The van der Waals surface area contributed by atoms with Crippen molar-refractivity contribution in [1.29, 1.82) is 0 Å². The van der Waals surface area contributed by atoms with Crippen LogP contribution in [0.15, 0.2) is 12.1 Å². The molecular weight excluding hydrogens is 247 g/mol. The summed E-state index contributed by atoms with van der Waals surface area (Å²) in [5.74, 6) is 0.413. The smallest absolute Gasteiger partial charge is 0.142 e. The first-order chi connectivity index (χ1) is 6.29. The Hall–Kier alpha value is -0.160. The van der Waals surface area contributed by atoms with Crippen molar-refractivity contribution in [3.8, 4) is 9.88 Å². The molecule has 68 valence electrons. The SMILES string of the molecule is ClCc1nnc(-c2ccc(Cl)s2)s1. The molecule has 13 heavy (non-hydrogen) atoms. The lowest BCUT2D eigenvalue weighted by Crippen LogP contribution is -1.73. The molecule has 0 aliphatic carbocycles. The Morgan fingerprint density at radius 3 is 2.62 bits per heavy atom. The van der Waals surface area contributed by atoms with E-state index in [1.807, 2.05) is 12.1 Å². The van der Waals surface area contributed by atoms with Crippen molar-refractivity contribution in [2.45, 2.75) is 5.88 Å². The predicted octanol–water partition coefficient (Wildman–Crippen LogP) is 3.66. The van der Waals surface area contributed by atoms with Crippen molar-refractivity contribution in [3.05, 3.63) is 21.5 Å². The molecule has 6 heteroatoms. The Balaban J connectivity index is 2.35. The van der Waals surface area contributed by atoms with Crippen molar-refractivity contribution in [3.63, 3.8) is 0 Å². The fourth-order valence-corrected chi connectivity index (χ4v) is 2.84. The third-order valence-corrected chi connectivity index (χ3v) is 4.10. The summed E-state index contributed by atoms with van der Waals surface area (Å²) in [5.41, 5.74) is 0. The minimum absolute atomic E-state index is 0.413. The first-order valence-corrected chi connectivity index (χ1v) is 5.98. The Morgan fingerprint density at radius 2 is 2.08 bits per heavy atom. The Kier molecular flexibility index (Phi) is 2.83. The van der Waals surface area contributed by atoms with Gasteiger partial charge in [0.25, 0.3) is 0 Å². The van der Waals surface area contributed by atoms with E-state index >= 15 is 0 Å². The number of nitrogens with zero attached hydrogens (tertiary/aromatic N) is 2. The third-order valence-electron chi connectivity index (χ3n) is 1.37. The molecule has 0 unspecified atom stereocenters. The molecule has 0 fully saturated rings. The van der Waals surface area contributed by atoms with Crippen molar-refractivity contribution >= 4 is 45.9 Å². The van der Waals surface area contributed by atoms with E-state index < -0.39 is 0 Å². The monoisotopic (exact) mass is 250 g/mol. The fourth-order valence-electron chi connectivity index (χ4n) is 0.836. The summed E-state index contributed by atoms with van der Waals surface area (Å²) in [5, 5.41) is 9.64. The van der Waals surface area contributed by atoms with Crippen LogP contribution in [0.2, 0.25) is 4.34 Å². The Morgan fingerprint density at radius 1 is 1.23 bits per heavy atom. The summed E-state index contributed by atoms with van der Waals surface area (Å²) < 4.78 is 0.762. The second-order valence-electron chi connectivity index (χ2n) is 2.24. The second kappa shape index (κ2) is 3.92. The highest BCUT2D eigenvalue weighted by molar-refractivity contribution is 7.23. The zero-order valence-electron chi connectivity index (χ0n) is 6.33. The van der Waals surface area contributed by atoms with Gasteiger partial charge in [-0.25, -0.2) is 0 Å². The molecule has 0 aliphatic rings. The third kappa shape index (κ3) is 2.02. The first kappa shape index (κ1) is 9.40. The average molecular weight is 251 g/mol. The van der Waals surface area contributed by atoms with Crippen molar-refractivity contribution in [1.82, 2.24) is 10.2 Å². The maximum atomic E-state index is 5.80. The number of halogens is 2. The minimum Gasteiger partial charge on any atom is -0.142 e. The van der Waals surface area contributed by atoms with Crippen molar-refractivity contribution < 1.29 is 0 Å². The molecule has 0 N–H and O–H groups in total. The standard InChI is InChI=1S/C7H4Cl2N2S2/c8-3-6-10-11-7(13-6)4-1-2-5(9)12-4/h1-2H,3H2. The van der Waals surface area contributed by atoms with E-state index in [1.165, 1.54) is 22.7 Å². The topological polar surface area (TPSA) is 25.8 Å². The average Bonchev–Trinajstić information content (AvgIpc) is 2.71. The van der Waals surface area contributed by atoms with Crippen LogP contribution in [-0.2, 0) is 5.88 Å². The molecule has 0 amide bonds. The molecule has 2 heterocycles. The molecule has 2 rings (SSSR count). The molecule has 0 saturated carbocycles. The van der Waals surface area contributed by atoms with Crippen LogP contribution in [-0.4, -0.2) is 10.2 Å². The van der Waals surface area contributed by atoms with E-state index in [-0.39, 0.29) is 0 Å². The fraction of sp³-hybridized carbons (Fsp3) is 0.143. The van der Waals surface area contributed by atoms with Crippen LogP contribution in [0.5, 0.6) is 0 Å². The zero-order chi connectivity index (χ0) is 9.26.